The van der Waals surface area contributed by atoms with Crippen LogP contribution in [-0.2, 0) is 4.79 Å². The number of carbonyl (C=O) groups is 1. The van der Waals surface area contributed by atoms with Crippen LogP contribution in [0.3, 0.4) is 0 Å². The van der Waals surface area contributed by atoms with E-state index in [0.717, 1.165) is 19.3 Å². The molecule has 1 aliphatic rings. The smallest absolute Gasteiger partial charge is 0.336 e. The summed E-state index contributed by atoms with van der Waals surface area (Å²) in [7, 11) is 0. The van der Waals surface area contributed by atoms with Gasteiger partial charge in [0.2, 0.25) is 0 Å². The molecule has 0 amide bonds. The Bertz CT molecular complexity index is 223. The van der Waals surface area contributed by atoms with Gasteiger partial charge in [0.15, 0.2) is 5.60 Å². The maximum absolute atomic E-state index is 10.5. The molecule has 0 bridgehead atoms. The third-order valence-corrected chi connectivity index (χ3v) is 2.67. The monoisotopic (exact) mass is 203 g/mol. The van der Waals surface area contributed by atoms with Gasteiger partial charge < -0.3 is 20.6 Å². The van der Waals surface area contributed by atoms with Crippen molar-refractivity contribution >= 4 is 5.97 Å². The standard InChI is InChI=1S/C9H17NO4/c1-8(13,7(11)12)5-10-6-9(14)3-2-4-9/h10,13-14H,2-6H2,1H3,(H,11,12). The van der Waals surface area contributed by atoms with Gasteiger partial charge in [-0.15, -0.1) is 0 Å². The second-order valence-electron chi connectivity index (χ2n) is 4.26. The number of aliphatic carboxylic acids is 1. The topological polar surface area (TPSA) is 89.8 Å². The summed E-state index contributed by atoms with van der Waals surface area (Å²) in [5.74, 6) is -1.26. The van der Waals surface area contributed by atoms with Crippen LogP contribution < -0.4 is 5.32 Å². The zero-order valence-electron chi connectivity index (χ0n) is 8.29. The summed E-state index contributed by atoms with van der Waals surface area (Å²) in [4.78, 5) is 10.5. The molecule has 5 heteroatoms. The van der Waals surface area contributed by atoms with Gasteiger partial charge in [-0.3, -0.25) is 0 Å². The highest BCUT2D eigenvalue weighted by Crippen LogP contribution is 2.30. The van der Waals surface area contributed by atoms with Gasteiger partial charge in [-0.1, -0.05) is 0 Å². The normalized spacial score (nSPS) is 23.6. The van der Waals surface area contributed by atoms with E-state index < -0.39 is 17.2 Å². The molecule has 1 saturated carbocycles. The van der Waals surface area contributed by atoms with E-state index in [9.17, 15) is 15.0 Å². The summed E-state index contributed by atoms with van der Waals surface area (Å²) in [6, 6.07) is 0. The first-order chi connectivity index (χ1) is 6.36. The Morgan fingerprint density at radius 1 is 1.57 bits per heavy atom. The summed E-state index contributed by atoms with van der Waals surface area (Å²) in [6.07, 6.45) is 2.50. The van der Waals surface area contributed by atoms with Crippen LogP contribution in [0.15, 0.2) is 0 Å². The number of carboxylic acids is 1. The highest BCUT2D eigenvalue weighted by Gasteiger charge is 2.35. The largest absolute Gasteiger partial charge is 0.479 e. The fourth-order valence-corrected chi connectivity index (χ4v) is 1.38. The third-order valence-electron chi connectivity index (χ3n) is 2.67. The van der Waals surface area contributed by atoms with Crippen molar-refractivity contribution in [2.24, 2.45) is 0 Å². The van der Waals surface area contributed by atoms with Crippen LogP contribution in [-0.4, -0.2) is 45.6 Å². The number of hydrogen-bond donors (Lipinski definition) is 4. The predicted molar refractivity (Wildman–Crippen MR) is 49.9 cm³/mol. The maximum Gasteiger partial charge on any atom is 0.336 e. The Labute approximate surface area is 82.7 Å². The number of nitrogens with one attached hydrogen (secondary N) is 1. The molecule has 0 aromatic heterocycles. The van der Waals surface area contributed by atoms with Crippen LogP contribution in [0.5, 0.6) is 0 Å². The molecule has 0 heterocycles. The average molecular weight is 203 g/mol. The van der Waals surface area contributed by atoms with Gasteiger partial charge >= 0.3 is 5.97 Å². The van der Waals surface area contributed by atoms with Crippen molar-refractivity contribution in [3.8, 4) is 0 Å². The van der Waals surface area contributed by atoms with Crippen LogP contribution in [0, 0.1) is 0 Å². The molecule has 1 fully saturated rings. The van der Waals surface area contributed by atoms with E-state index in [2.05, 4.69) is 5.32 Å². The second-order valence-corrected chi connectivity index (χ2v) is 4.26. The van der Waals surface area contributed by atoms with Crippen LogP contribution in [0.4, 0.5) is 0 Å². The Morgan fingerprint density at radius 3 is 2.50 bits per heavy atom. The van der Waals surface area contributed by atoms with E-state index >= 15 is 0 Å². The first-order valence-electron chi connectivity index (χ1n) is 4.75. The molecular formula is C9H17NO4. The molecule has 14 heavy (non-hydrogen) atoms. The number of carboxylic acid groups (broad SMARTS) is 1. The van der Waals surface area contributed by atoms with Crippen LogP contribution in [0.1, 0.15) is 26.2 Å². The highest BCUT2D eigenvalue weighted by atomic mass is 16.4. The maximum atomic E-state index is 10.5. The van der Waals surface area contributed by atoms with Crippen molar-refractivity contribution in [1.82, 2.24) is 5.32 Å². The second kappa shape index (κ2) is 3.84. The van der Waals surface area contributed by atoms with Gasteiger partial charge in [-0.05, 0) is 26.2 Å². The Morgan fingerprint density at radius 2 is 2.14 bits per heavy atom. The molecule has 0 radical (unpaired) electrons. The molecule has 1 atom stereocenters. The van der Waals surface area contributed by atoms with Crippen molar-refractivity contribution in [3.63, 3.8) is 0 Å². The zero-order chi connectivity index (χ0) is 10.8. The molecule has 1 unspecified atom stereocenters. The minimum absolute atomic E-state index is 0.0509. The molecule has 5 nitrogen and oxygen atoms in total. The predicted octanol–water partition coefficient (Wildman–Crippen LogP) is -0.673. The van der Waals surface area contributed by atoms with Gasteiger partial charge in [-0.25, -0.2) is 4.79 Å². The van der Waals surface area contributed by atoms with Gasteiger partial charge in [0.25, 0.3) is 0 Å². The first kappa shape index (κ1) is 11.4. The van der Waals surface area contributed by atoms with Crippen LogP contribution in [0.25, 0.3) is 0 Å². The number of rotatable bonds is 5. The quantitative estimate of drug-likeness (QED) is 0.475. The van der Waals surface area contributed by atoms with Gasteiger partial charge in [0.1, 0.15) is 0 Å². The van der Waals surface area contributed by atoms with Crippen molar-refractivity contribution in [1.29, 1.82) is 0 Å². The van der Waals surface area contributed by atoms with Crippen LogP contribution >= 0.6 is 0 Å². The molecule has 0 aromatic carbocycles. The molecule has 0 aliphatic heterocycles. The zero-order valence-corrected chi connectivity index (χ0v) is 8.29. The van der Waals surface area contributed by atoms with E-state index in [1.54, 1.807) is 0 Å². The Balaban J connectivity index is 2.23. The van der Waals surface area contributed by atoms with E-state index in [4.69, 9.17) is 5.11 Å². The summed E-state index contributed by atoms with van der Waals surface area (Å²) in [6.45, 7) is 1.52. The Kier molecular flexibility index (Phi) is 3.14. The lowest BCUT2D eigenvalue weighted by Crippen LogP contribution is -2.51. The van der Waals surface area contributed by atoms with Gasteiger partial charge in [0.05, 0.1) is 5.60 Å². The molecule has 82 valence electrons. The van der Waals surface area contributed by atoms with Crippen molar-refractivity contribution in [2.45, 2.75) is 37.4 Å². The molecule has 1 rings (SSSR count). The van der Waals surface area contributed by atoms with Crippen molar-refractivity contribution < 1.29 is 20.1 Å². The lowest BCUT2D eigenvalue weighted by molar-refractivity contribution is -0.156. The SMILES string of the molecule is CC(O)(CNCC1(O)CCC1)C(=O)O. The van der Waals surface area contributed by atoms with E-state index in [0.29, 0.717) is 6.54 Å². The minimum Gasteiger partial charge on any atom is -0.479 e. The van der Waals surface area contributed by atoms with Crippen molar-refractivity contribution in [2.75, 3.05) is 13.1 Å². The first-order valence-corrected chi connectivity index (χ1v) is 4.75. The molecular weight excluding hydrogens is 186 g/mol. The minimum atomic E-state index is -1.76. The number of aliphatic hydroxyl groups is 2. The lowest BCUT2D eigenvalue weighted by Gasteiger charge is -2.37. The highest BCUT2D eigenvalue weighted by molar-refractivity contribution is 5.76. The molecule has 0 spiro atoms. The van der Waals surface area contributed by atoms with E-state index in [-0.39, 0.29) is 6.54 Å². The molecule has 0 saturated heterocycles. The third kappa shape index (κ3) is 2.67. The summed E-state index contributed by atoms with van der Waals surface area (Å²) in [5.41, 5.74) is -2.45. The summed E-state index contributed by atoms with van der Waals surface area (Å²) < 4.78 is 0. The fourth-order valence-electron chi connectivity index (χ4n) is 1.38. The van der Waals surface area contributed by atoms with Gasteiger partial charge in [-0.2, -0.15) is 0 Å². The number of hydrogen-bond acceptors (Lipinski definition) is 4. The fraction of sp³-hybridized carbons (Fsp3) is 0.889. The average Bonchev–Trinajstić information content (AvgIpc) is 2.00. The molecule has 4 N–H and O–H groups in total. The molecule has 1 aliphatic carbocycles. The van der Waals surface area contributed by atoms with E-state index in [1.807, 2.05) is 0 Å². The molecule has 0 aromatic rings. The summed E-state index contributed by atoms with van der Waals surface area (Å²) in [5, 5.41) is 30.3. The summed E-state index contributed by atoms with van der Waals surface area (Å²) >= 11 is 0. The van der Waals surface area contributed by atoms with Gasteiger partial charge in [0, 0.05) is 13.1 Å². The lowest BCUT2D eigenvalue weighted by atomic mass is 9.80. The van der Waals surface area contributed by atoms with Crippen LogP contribution in [0.2, 0.25) is 0 Å². The Hall–Kier alpha value is -0.650. The van der Waals surface area contributed by atoms with E-state index in [1.165, 1.54) is 6.92 Å². The van der Waals surface area contributed by atoms with Crippen molar-refractivity contribution in [3.05, 3.63) is 0 Å².